The van der Waals surface area contributed by atoms with E-state index in [1.807, 2.05) is 47.4 Å². The van der Waals surface area contributed by atoms with Crippen molar-refractivity contribution in [2.24, 2.45) is 0 Å². The highest BCUT2D eigenvalue weighted by molar-refractivity contribution is 5.97. The van der Waals surface area contributed by atoms with E-state index in [0.717, 1.165) is 36.2 Å². The number of amides is 3. The fourth-order valence-electron chi connectivity index (χ4n) is 4.73. The Balaban J connectivity index is 1.15. The van der Waals surface area contributed by atoms with E-state index >= 15 is 0 Å². The number of likely N-dealkylation sites (tertiary alicyclic amines) is 1. The van der Waals surface area contributed by atoms with Crippen LogP contribution in [-0.4, -0.2) is 36.5 Å². The summed E-state index contributed by atoms with van der Waals surface area (Å²) in [5, 5.41) is 2.95. The lowest BCUT2D eigenvalue weighted by atomic mass is 9.99. The van der Waals surface area contributed by atoms with Crippen LogP contribution >= 0.6 is 0 Å². The van der Waals surface area contributed by atoms with Gasteiger partial charge in [0.15, 0.2) is 0 Å². The van der Waals surface area contributed by atoms with Crippen LogP contribution < -0.4 is 10.2 Å². The van der Waals surface area contributed by atoms with Gasteiger partial charge in [-0.3, -0.25) is 4.79 Å². The van der Waals surface area contributed by atoms with Gasteiger partial charge in [0.2, 0.25) is 5.91 Å². The maximum atomic E-state index is 13.2. The molecule has 1 unspecified atom stereocenters. The third-order valence-corrected chi connectivity index (χ3v) is 6.57. The number of para-hydroxylation sites is 1. The number of carbonyl (C=O) groups excluding carboxylic acids is 2. The second-order valence-electron chi connectivity index (χ2n) is 8.71. The van der Waals surface area contributed by atoms with Crippen molar-refractivity contribution in [1.82, 2.24) is 4.90 Å². The molecule has 33 heavy (non-hydrogen) atoms. The molecule has 1 saturated heterocycles. The lowest BCUT2D eigenvalue weighted by Gasteiger charge is -2.18. The van der Waals surface area contributed by atoms with Crippen LogP contribution in [0.3, 0.4) is 0 Å². The van der Waals surface area contributed by atoms with Crippen LogP contribution in [0.15, 0.2) is 72.8 Å². The summed E-state index contributed by atoms with van der Waals surface area (Å²) in [6.07, 6.45) is 2.08. The number of anilines is 2. The van der Waals surface area contributed by atoms with Gasteiger partial charge in [0.1, 0.15) is 5.82 Å². The topological polar surface area (TPSA) is 52.7 Å². The minimum absolute atomic E-state index is 0.0839. The summed E-state index contributed by atoms with van der Waals surface area (Å²) < 4.78 is 13.2. The van der Waals surface area contributed by atoms with Gasteiger partial charge in [-0.05, 0) is 59.9 Å². The number of carbonyl (C=O) groups is 2. The maximum Gasteiger partial charge on any atom is 0.321 e. The molecule has 2 aliphatic rings. The predicted molar refractivity (Wildman–Crippen MR) is 127 cm³/mol. The van der Waals surface area contributed by atoms with Crippen molar-refractivity contribution in [2.45, 2.75) is 25.2 Å². The Morgan fingerprint density at radius 1 is 0.939 bits per heavy atom. The molecule has 2 heterocycles. The molecule has 5 rings (SSSR count). The average Bonchev–Trinajstić information content (AvgIpc) is 3.49. The van der Waals surface area contributed by atoms with Gasteiger partial charge in [0.25, 0.3) is 0 Å². The summed E-state index contributed by atoms with van der Waals surface area (Å²) in [4.78, 5) is 29.1. The van der Waals surface area contributed by atoms with Crippen LogP contribution in [0, 0.1) is 5.82 Å². The van der Waals surface area contributed by atoms with Crippen molar-refractivity contribution in [1.29, 1.82) is 0 Å². The highest BCUT2D eigenvalue weighted by Gasteiger charge is 2.27. The Kier molecular flexibility index (Phi) is 5.82. The van der Waals surface area contributed by atoms with Gasteiger partial charge in [-0.15, -0.1) is 0 Å². The molecule has 3 aromatic rings. The minimum atomic E-state index is -0.248. The summed E-state index contributed by atoms with van der Waals surface area (Å²) in [6, 6.07) is 21.9. The molecule has 1 fully saturated rings. The Labute approximate surface area is 192 Å². The number of rotatable bonds is 4. The van der Waals surface area contributed by atoms with Crippen molar-refractivity contribution in [3.63, 3.8) is 0 Å². The molecule has 0 radical (unpaired) electrons. The van der Waals surface area contributed by atoms with Crippen molar-refractivity contribution in [3.05, 3.63) is 95.3 Å². The maximum absolute atomic E-state index is 13.2. The summed E-state index contributed by atoms with van der Waals surface area (Å²) in [6.45, 7) is 2.00. The highest BCUT2D eigenvalue weighted by atomic mass is 19.1. The Morgan fingerprint density at radius 2 is 1.70 bits per heavy atom. The third kappa shape index (κ3) is 4.60. The van der Waals surface area contributed by atoms with Crippen molar-refractivity contribution in [3.8, 4) is 0 Å². The van der Waals surface area contributed by atoms with Gasteiger partial charge >= 0.3 is 6.03 Å². The van der Waals surface area contributed by atoms with E-state index in [9.17, 15) is 14.0 Å². The monoisotopic (exact) mass is 443 g/mol. The fraction of sp³-hybridized carbons (Fsp3) is 0.259. The molecule has 5 nitrogen and oxygen atoms in total. The van der Waals surface area contributed by atoms with Crippen LogP contribution in [0.1, 0.15) is 29.0 Å². The van der Waals surface area contributed by atoms with Gasteiger partial charge in [-0.2, -0.15) is 0 Å². The summed E-state index contributed by atoms with van der Waals surface area (Å²) in [7, 11) is 0. The van der Waals surface area contributed by atoms with E-state index in [2.05, 4.69) is 11.4 Å². The lowest BCUT2D eigenvalue weighted by Crippen LogP contribution is -2.32. The van der Waals surface area contributed by atoms with E-state index in [4.69, 9.17) is 0 Å². The number of hydrogen-bond acceptors (Lipinski definition) is 2. The van der Waals surface area contributed by atoms with Gasteiger partial charge in [0, 0.05) is 36.9 Å². The molecule has 3 aromatic carbocycles. The Hall–Kier alpha value is -3.67. The van der Waals surface area contributed by atoms with Crippen LogP contribution in [0.2, 0.25) is 0 Å². The van der Waals surface area contributed by atoms with E-state index in [1.165, 1.54) is 17.7 Å². The van der Waals surface area contributed by atoms with Crippen molar-refractivity contribution < 1.29 is 14.0 Å². The molecule has 2 aliphatic heterocycles. The van der Waals surface area contributed by atoms with Gasteiger partial charge in [0.05, 0.1) is 6.42 Å². The van der Waals surface area contributed by atoms with E-state index in [-0.39, 0.29) is 23.7 Å². The zero-order chi connectivity index (χ0) is 22.8. The quantitative estimate of drug-likeness (QED) is 0.618. The first-order valence-electron chi connectivity index (χ1n) is 11.4. The molecule has 168 valence electrons. The van der Waals surface area contributed by atoms with Gasteiger partial charge in [-0.1, -0.05) is 42.5 Å². The van der Waals surface area contributed by atoms with Gasteiger partial charge in [-0.25, -0.2) is 9.18 Å². The summed E-state index contributed by atoms with van der Waals surface area (Å²) >= 11 is 0. The zero-order valence-corrected chi connectivity index (χ0v) is 18.3. The number of fused-ring (bicyclic) bond motifs is 1. The molecule has 0 bridgehead atoms. The van der Waals surface area contributed by atoms with Gasteiger partial charge < -0.3 is 15.1 Å². The molecular weight excluding hydrogens is 417 g/mol. The minimum Gasteiger partial charge on any atom is -0.324 e. The first-order chi connectivity index (χ1) is 16.1. The van der Waals surface area contributed by atoms with Crippen LogP contribution in [0.25, 0.3) is 0 Å². The van der Waals surface area contributed by atoms with Crippen molar-refractivity contribution in [2.75, 3.05) is 29.9 Å². The second-order valence-corrected chi connectivity index (χ2v) is 8.71. The lowest BCUT2D eigenvalue weighted by molar-refractivity contribution is -0.117. The zero-order valence-electron chi connectivity index (χ0n) is 18.3. The average molecular weight is 444 g/mol. The predicted octanol–water partition coefficient (Wildman–Crippen LogP) is 4.98. The number of hydrogen-bond donors (Lipinski definition) is 1. The standard InChI is InChI=1S/C27H26FN3O2/c28-23-9-7-20(8-10-23)22-13-15-30(18-22)27(33)29-24-11-5-19(6-12-24)17-26(32)31-16-14-21-3-1-2-4-25(21)31/h1-12,22H,13-18H2,(H,29,33). The Morgan fingerprint density at radius 3 is 2.48 bits per heavy atom. The fourth-order valence-corrected chi connectivity index (χ4v) is 4.73. The largest absolute Gasteiger partial charge is 0.324 e. The first-order valence-corrected chi connectivity index (χ1v) is 11.4. The number of nitrogens with zero attached hydrogens (tertiary/aromatic N) is 2. The Bertz CT molecular complexity index is 1160. The smallest absolute Gasteiger partial charge is 0.321 e. The second kappa shape index (κ2) is 9.06. The number of urea groups is 1. The van der Waals surface area contributed by atoms with E-state index < -0.39 is 0 Å². The molecule has 0 aromatic heterocycles. The summed E-state index contributed by atoms with van der Waals surface area (Å²) in [5.74, 6) is 0.0582. The number of halogens is 1. The molecule has 0 spiro atoms. The molecular formula is C27H26FN3O2. The normalized spacial score (nSPS) is 17.2. The van der Waals surface area contributed by atoms with Crippen LogP contribution in [-0.2, 0) is 17.6 Å². The van der Waals surface area contributed by atoms with E-state index in [1.54, 1.807) is 17.0 Å². The van der Waals surface area contributed by atoms with Crippen LogP contribution in [0.4, 0.5) is 20.6 Å². The third-order valence-electron chi connectivity index (χ3n) is 6.57. The SMILES string of the molecule is O=C(Nc1ccc(CC(=O)N2CCc3ccccc32)cc1)N1CCC(c2ccc(F)cc2)C1. The molecule has 1 N–H and O–H groups in total. The van der Waals surface area contributed by atoms with Crippen LogP contribution in [0.5, 0.6) is 0 Å². The molecule has 0 aliphatic carbocycles. The molecule has 3 amide bonds. The first kappa shape index (κ1) is 21.2. The van der Waals surface area contributed by atoms with E-state index in [0.29, 0.717) is 25.2 Å². The molecule has 0 saturated carbocycles. The number of benzene rings is 3. The summed E-state index contributed by atoms with van der Waals surface area (Å²) in [5.41, 5.74) is 4.90. The number of nitrogens with one attached hydrogen (secondary N) is 1. The molecule has 1 atom stereocenters. The van der Waals surface area contributed by atoms with Crippen molar-refractivity contribution >= 4 is 23.3 Å². The molecule has 6 heteroatoms. The highest BCUT2D eigenvalue weighted by Crippen LogP contribution is 2.29.